The van der Waals surface area contributed by atoms with Crippen molar-refractivity contribution in [3.8, 4) is 0 Å². The van der Waals surface area contributed by atoms with Crippen molar-refractivity contribution in [1.82, 2.24) is 10.2 Å². The Hall–Kier alpha value is -1.79. The van der Waals surface area contributed by atoms with Crippen molar-refractivity contribution in [3.63, 3.8) is 0 Å². The molecule has 0 radical (unpaired) electrons. The Labute approximate surface area is 150 Å². The van der Waals surface area contributed by atoms with Gasteiger partial charge in [0.25, 0.3) is 0 Å². The van der Waals surface area contributed by atoms with Gasteiger partial charge in [-0.2, -0.15) is 0 Å². The maximum atomic E-state index is 12.1. The van der Waals surface area contributed by atoms with Crippen LogP contribution >= 0.6 is 0 Å². The molecule has 0 atom stereocenters. The van der Waals surface area contributed by atoms with E-state index in [-0.39, 0.29) is 12.1 Å². The second kappa shape index (κ2) is 9.06. The van der Waals surface area contributed by atoms with Crippen LogP contribution in [0.1, 0.15) is 26.2 Å². The molecule has 2 aliphatic rings. The molecule has 2 heterocycles. The van der Waals surface area contributed by atoms with Crippen molar-refractivity contribution in [1.29, 1.82) is 0 Å². The Bertz CT molecular complexity index is 535. The van der Waals surface area contributed by atoms with Crippen LogP contribution in [0.2, 0.25) is 0 Å². The van der Waals surface area contributed by atoms with Gasteiger partial charge in [0.2, 0.25) is 0 Å². The Morgan fingerprint density at radius 3 is 2.44 bits per heavy atom. The normalized spacial score (nSPS) is 19.6. The molecule has 0 aromatic heterocycles. The summed E-state index contributed by atoms with van der Waals surface area (Å²) in [5, 5.41) is 5.94. The standard InChI is InChI=1S/C19H30N4O2/c1-2-9-22-10-12-23(13-11-22)18-5-3-16(4-6-18)20-19(24)21-17-7-14-25-15-8-17/h3-6,17H,2,7-15H2,1H3,(H2,20,21,24). The molecule has 0 bridgehead atoms. The van der Waals surface area contributed by atoms with Gasteiger partial charge in [0, 0.05) is 56.8 Å². The summed E-state index contributed by atoms with van der Waals surface area (Å²) in [6, 6.07) is 8.24. The van der Waals surface area contributed by atoms with Gasteiger partial charge in [-0.15, -0.1) is 0 Å². The highest BCUT2D eigenvalue weighted by Gasteiger charge is 2.17. The van der Waals surface area contributed by atoms with E-state index < -0.39 is 0 Å². The van der Waals surface area contributed by atoms with Crippen molar-refractivity contribution in [3.05, 3.63) is 24.3 Å². The predicted molar refractivity (Wildman–Crippen MR) is 101 cm³/mol. The smallest absolute Gasteiger partial charge is 0.319 e. The molecule has 0 saturated carbocycles. The fourth-order valence-corrected chi connectivity index (χ4v) is 3.50. The lowest BCUT2D eigenvalue weighted by Crippen LogP contribution is -2.46. The number of hydrogen-bond acceptors (Lipinski definition) is 4. The molecule has 6 nitrogen and oxygen atoms in total. The first-order chi connectivity index (χ1) is 12.2. The zero-order valence-corrected chi connectivity index (χ0v) is 15.2. The van der Waals surface area contributed by atoms with Gasteiger partial charge in [-0.25, -0.2) is 4.79 Å². The van der Waals surface area contributed by atoms with Gasteiger partial charge in [0.1, 0.15) is 0 Å². The largest absolute Gasteiger partial charge is 0.381 e. The van der Waals surface area contributed by atoms with E-state index in [0.717, 1.165) is 57.9 Å². The molecule has 3 rings (SSSR count). The highest BCUT2D eigenvalue weighted by Crippen LogP contribution is 2.19. The van der Waals surface area contributed by atoms with Crippen molar-refractivity contribution >= 4 is 17.4 Å². The SMILES string of the molecule is CCCN1CCN(c2ccc(NC(=O)NC3CCOCC3)cc2)CC1. The maximum Gasteiger partial charge on any atom is 0.319 e. The van der Waals surface area contributed by atoms with Crippen molar-refractivity contribution in [2.75, 3.05) is 56.2 Å². The van der Waals surface area contributed by atoms with Crippen LogP contribution in [0.15, 0.2) is 24.3 Å². The zero-order valence-electron chi connectivity index (χ0n) is 15.2. The summed E-state index contributed by atoms with van der Waals surface area (Å²) in [7, 11) is 0. The van der Waals surface area contributed by atoms with Crippen LogP contribution in [0.25, 0.3) is 0 Å². The summed E-state index contributed by atoms with van der Waals surface area (Å²) < 4.78 is 5.31. The average Bonchev–Trinajstić information content (AvgIpc) is 2.64. The van der Waals surface area contributed by atoms with Crippen LogP contribution in [0.4, 0.5) is 16.2 Å². The molecule has 0 spiro atoms. The number of anilines is 2. The number of nitrogens with zero attached hydrogens (tertiary/aromatic N) is 2. The summed E-state index contributed by atoms with van der Waals surface area (Å²) in [6.07, 6.45) is 2.99. The van der Waals surface area contributed by atoms with Gasteiger partial charge in [0.05, 0.1) is 0 Å². The van der Waals surface area contributed by atoms with E-state index in [4.69, 9.17) is 4.74 Å². The minimum Gasteiger partial charge on any atom is -0.381 e. The second-order valence-electron chi connectivity index (χ2n) is 6.86. The molecule has 25 heavy (non-hydrogen) atoms. The fourth-order valence-electron chi connectivity index (χ4n) is 3.50. The van der Waals surface area contributed by atoms with Crippen molar-refractivity contribution in [2.24, 2.45) is 0 Å². The Balaban J connectivity index is 1.46. The quantitative estimate of drug-likeness (QED) is 0.860. The zero-order chi connectivity index (χ0) is 17.5. The predicted octanol–water partition coefficient (Wildman–Crippen LogP) is 2.52. The highest BCUT2D eigenvalue weighted by molar-refractivity contribution is 5.89. The van der Waals surface area contributed by atoms with Crippen LogP contribution in [0, 0.1) is 0 Å². The Morgan fingerprint density at radius 1 is 1.12 bits per heavy atom. The molecule has 138 valence electrons. The maximum absolute atomic E-state index is 12.1. The van der Waals surface area contributed by atoms with Gasteiger partial charge in [-0.05, 0) is 50.1 Å². The Morgan fingerprint density at radius 2 is 1.80 bits per heavy atom. The molecular formula is C19H30N4O2. The first-order valence-corrected chi connectivity index (χ1v) is 9.47. The van der Waals surface area contributed by atoms with Crippen molar-refractivity contribution < 1.29 is 9.53 Å². The first-order valence-electron chi connectivity index (χ1n) is 9.47. The van der Waals surface area contributed by atoms with E-state index in [2.05, 4.69) is 39.5 Å². The monoisotopic (exact) mass is 346 g/mol. The van der Waals surface area contributed by atoms with Crippen LogP contribution in [-0.4, -0.2) is 62.9 Å². The number of ether oxygens (including phenoxy) is 1. The third-order valence-electron chi connectivity index (χ3n) is 4.96. The minimum absolute atomic E-state index is 0.132. The molecule has 2 amide bonds. The number of carbonyl (C=O) groups is 1. The molecule has 2 saturated heterocycles. The number of carbonyl (C=O) groups excluding carboxylic acids is 1. The molecule has 2 N–H and O–H groups in total. The molecule has 6 heteroatoms. The lowest BCUT2D eigenvalue weighted by molar-refractivity contribution is 0.0806. The molecule has 0 aliphatic carbocycles. The number of rotatable bonds is 5. The number of hydrogen-bond donors (Lipinski definition) is 2. The summed E-state index contributed by atoms with van der Waals surface area (Å²) >= 11 is 0. The second-order valence-corrected chi connectivity index (χ2v) is 6.86. The van der Waals surface area contributed by atoms with E-state index in [1.807, 2.05) is 12.1 Å². The van der Waals surface area contributed by atoms with Crippen LogP contribution in [0.5, 0.6) is 0 Å². The van der Waals surface area contributed by atoms with Gasteiger partial charge in [0.15, 0.2) is 0 Å². The summed E-state index contributed by atoms with van der Waals surface area (Å²) in [4.78, 5) is 17.0. The summed E-state index contributed by atoms with van der Waals surface area (Å²) in [6.45, 7) is 9.27. The number of nitrogens with one attached hydrogen (secondary N) is 2. The minimum atomic E-state index is -0.132. The average molecular weight is 346 g/mol. The van der Waals surface area contributed by atoms with Crippen LogP contribution < -0.4 is 15.5 Å². The molecule has 1 aromatic rings. The molecule has 1 aromatic carbocycles. The highest BCUT2D eigenvalue weighted by atomic mass is 16.5. The van der Waals surface area contributed by atoms with E-state index >= 15 is 0 Å². The lowest BCUT2D eigenvalue weighted by Gasteiger charge is -2.36. The number of piperazine rings is 1. The number of benzene rings is 1. The van der Waals surface area contributed by atoms with E-state index in [1.54, 1.807) is 0 Å². The topological polar surface area (TPSA) is 56.8 Å². The van der Waals surface area contributed by atoms with Gasteiger partial charge in [-0.1, -0.05) is 6.92 Å². The van der Waals surface area contributed by atoms with E-state index in [1.165, 1.54) is 18.7 Å². The number of amides is 2. The summed E-state index contributed by atoms with van der Waals surface area (Å²) in [5.74, 6) is 0. The fraction of sp³-hybridized carbons (Fsp3) is 0.632. The van der Waals surface area contributed by atoms with Gasteiger partial charge in [-0.3, -0.25) is 4.90 Å². The molecule has 0 unspecified atom stereocenters. The third kappa shape index (κ3) is 5.34. The number of urea groups is 1. The Kier molecular flexibility index (Phi) is 6.53. The lowest BCUT2D eigenvalue weighted by atomic mass is 10.1. The van der Waals surface area contributed by atoms with E-state index in [9.17, 15) is 4.79 Å². The van der Waals surface area contributed by atoms with Crippen molar-refractivity contribution in [2.45, 2.75) is 32.2 Å². The molecular weight excluding hydrogens is 316 g/mol. The summed E-state index contributed by atoms with van der Waals surface area (Å²) in [5.41, 5.74) is 2.06. The van der Waals surface area contributed by atoms with Gasteiger partial charge >= 0.3 is 6.03 Å². The van der Waals surface area contributed by atoms with Crippen LogP contribution in [-0.2, 0) is 4.74 Å². The molecule has 2 aliphatic heterocycles. The van der Waals surface area contributed by atoms with Gasteiger partial charge < -0.3 is 20.3 Å². The third-order valence-corrected chi connectivity index (χ3v) is 4.96. The first kappa shape index (κ1) is 18.0. The molecule has 2 fully saturated rings. The van der Waals surface area contributed by atoms with E-state index in [0.29, 0.717) is 0 Å². The van der Waals surface area contributed by atoms with Crippen LogP contribution in [0.3, 0.4) is 0 Å².